The summed E-state index contributed by atoms with van der Waals surface area (Å²) in [6, 6.07) is 15.3. The number of benzene rings is 2. The predicted molar refractivity (Wildman–Crippen MR) is 98.8 cm³/mol. The van der Waals surface area contributed by atoms with Crippen LogP contribution in [0, 0.1) is 0 Å². The molecule has 0 aliphatic heterocycles. The Labute approximate surface area is 162 Å². The van der Waals surface area contributed by atoms with Gasteiger partial charge in [-0.25, -0.2) is 4.98 Å². The highest BCUT2D eigenvalue weighted by atomic mass is 19.4. The predicted octanol–water partition coefficient (Wildman–Crippen LogP) is 5.29. The monoisotopic (exact) mass is 398 g/mol. The van der Waals surface area contributed by atoms with E-state index in [0.717, 1.165) is 6.07 Å². The molecule has 0 aliphatic rings. The number of anilines is 1. The van der Waals surface area contributed by atoms with Crippen LogP contribution in [0.25, 0.3) is 34.0 Å². The molecule has 29 heavy (non-hydrogen) atoms. The Morgan fingerprint density at radius 1 is 0.897 bits per heavy atom. The summed E-state index contributed by atoms with van der Waals surface area (Å²) in [4.78, 5) is 8.07. The Hall–Kier alpha value is -3.72. The maximum absolute atomic E-state index is 13.7. The average molecular weight is 398 g/mol. The molecular formula is C20H13F3N4O2. The van der Waals surface area contributed by atoms with Crippen LogP contribution in [0.3, 0.4) is 0 Å². The molecule has 4 rings (SSSR count). The van der Waals surface area contributed by atoms with Gasteiger partial charge >= 0.3 is 6.18 Å². The van der Waals surface area contributed by atoms with Crippen molar-refractivity contribution < 1.29 is 22.9 Å². The van der Waals surface area contributed by atoms with Crippen LogP contribution < -0.4 is 5.48 Å². The third kappa shape index (κ3) is 3.81. The third-order valence-electron chi connectivity index (χ3n) is 4.22. The largest absolute Gasteiger partial charge is 0.417 e. The van der Waals surface area contributed by atoms with Crippen molar-refractivity contribution in [2.24, 2.45) is 0 Å². The molecule has 0 bridgehead atoms. The molecule has 0 spiro atoms. The summed E-state index contributed by atoms with van der Waals surface area (Å²) in [5.74, 6) is 0.340. The van der Waals surface area contributed by atoms with Gasteiger partial charge in [-0.3, -0.25) is 10.7 Å². The quantitative estimate of drug-likeness (QED) is 0.455. The number of alkyl halides is 3. The van der Waals surface area contributed by atoms with Gasteiger partial charge < -0.3 is 4.52 Å². The molecule has 6 nitrogen and oxygen atoms in total. The minimum absolute atomic E-state index is 0.0227. The number of nitrogens with zero attached hydrogens (tertiary/aromatic N) is 3. The molecule has 9 heteroatoms. The molecule has 0 atom stereocenters. The van der Waals surface area contributed by atoms with Crippen LogP contribution in [0.1, 0.15) is 5.56 Å². The minimum Gasteiger partial charge on any atom is -0.334 e. The van der Waals surface area contributed by atoms with E-state index in [1.807, 2.05) is 5.48 Å². The summed E-state index contributed by atoms with van der Waals surface area (Å²) in [5.41, 5.74) is 2.27. The van der Waals surface area contributed by atoms with Gasteiger partial charge in [0, 0.05) is 11.8 Å². The molecule has 2 aromatic heterocycles. The summed E-state index contributed by atoms with van der Waals surface area (Å²) in [7, 11) is 0. The second-order valence-electron chi connectivity index (χ2n) is 6.09. The van der Waals surface area contributed by atoms with E-state index in [1.54, 1.807) is 36.4 Å². The van der Waals surface area contributed by atoms with Crippen molar-refractivity contribution in [1.82, 2.24) is 15.1 Å². The Morgan fingerprint density at radius 2 is 1.66 bits per heavy atom. The Bertz CT molecular complexity index is 1130. The highest BCUT2D eigenvalue weighted by Crippen LogP contribution is 2.39. The molecule has 0 saturated carbocycles. The fraction of sp³-hybridized carbons (Fsp3) is 0.0500. The Kier molecular flexibility index (Phi) is 4.73. The van der Waals surface area contributed by atoms with Gasteiger partial charge in [-0.1, -0.05) is 47.6 Å². The smallest absolute Gasteiger partial charge is 0.334 e. The van der Waals surface area contributed by atoms with E-state index < -0.39 is 11.7 Å². The maximum Gasteiger partial charge on any atom is 0.417 e. The number of nitrogens with one attached hydrogen (secondary N) is 1. The van der Waals surface area contributed by atoms with Gasteiger partial charge in [0.05, 0.1) is 11.1 Å². The lowest BCUT2D eigenvalue weighted by molar-refractivity contribution is -0.137. The van der Waals surface area contributed by atoms with Crippen molar-refractivity contribution in [1.29, 1.82) is 0 Å². The van der Waals surface area contributed by atoms with Crippen LogP contribution in [0.15, 0.2) is 71.4 Å². The lowest BCUT2D eigenvalue weighted by atomic mass is 9.97. The zero-order valence-corrected chi connectivity index (χ0v) is 14.7. The first-order valence-corrected chi connectivity index (χ1v) is 8.43. The number of halogens is 3. The van der Waals surface area contributed by atoms with Gasteiger partial charge in [0.15, 0.2) is 0 Å². The number of rotatable bonds is 4. The van der Waals surface area contributed by atoms with Crippen LogP contribution in [-0.2, 0) is 6.18 Å². The molecule has 0 radical (unpaired) electrons. The fourth-order valence-electron chi connectivity index (χ4n) is 2.83. The van der Waals surface area contributed by atoms with Crippen molar-refractivity contribution in [3.63, 3.8) is 0 Å². The van der Waals surface area contributed by atoms with Crippen molar-refractivity contribution in [3.05, 3.63) is 72.4 Å². The minimum atomic E-state index is -4.55. The first-order valence-electron chi connectivity index (χ1n) is 8.43. The van der Waals surface area contributed by atoms with Crippen LogP contribution in [0.2, 0.25) is 0 Å². The molecule has 0 aliphatic carbocycles. The van der Waals surface area contributed by atoms with Gasteiger partial charge in [0.25, 0.3) is 5.89 Å². The van der Waals surface area contributed by atoms with Gasteiger partial charge in [-0.05, 0) is 29.3 Å². The molecule has 2 N–H and O–H groups in total. The summed E-state index contributed by atoms with van der Waals surface area (Å²) in [6.07, 6.45) is -3.17. The number of pyridine rings is 1. The van der Waals surface area contributed by atoms with Crippen LogP contribution in [0.5, 0.6) is 0 Å². The van der Waals surface area contributed by atoms with Gasteiger partial charge in [0.2, 0.25) is 5.82 Å². The normalized spacial score (nSPS) is 11.4. The molecule has 0 amide bonds. The van der Waals surface area contributed by atoms with Crippen molar-refractivity contribution in [3.8, 4) is 34.0 Å². The number of hydrogen-bond donors (Lipinski definition) is 2. The Balaban J connectivity index is 1.73. The van der Waals surface area contributed by atoms with Crippen LogP contribution in [-0.4, -0.2) is 20.3 Å². The standard InChI is InChI=1S/C20H13F3N4O2/c21-20(22,23)16-10-13(6-8-15(16)12-4-2-1-3-5-12)18-25-19(29-27-18)14-7-9-17(26-28)24-11-14/h1-11,28H,(H,24,26). The zero-order chi connectivity index (χ0) is 20.4. The van der Waals surface area contributed by atoms with Crippen LogP contribution in [0.4, 0.5) is 19.0 Å². The van der Waals surface area contributed by atoms with Gasteiger partial charge in [-0.15, -0.1) is 0 Å². The molecule has 2 heterocycles. The van der Waals surface area contributed by atoms with E-state index in [-0.39, 0.29) is 28.7 Å². The number of hydrogen-bond acceptors (Lipinski definition) is 6. The van der Waals surface area contributed by atoms with Crippen molar-refractivity contribution >= 4 is 5.82 Å². The molecule has 2 aromatic carbocycles. The maximum atomic E-state index is 13.7. The Morgan fingerprint density at radius 3 is 2.31 bits per heavy atom. The zero-order valence-electron chi connectivity index (χ0n) is 14.7. The van der Waals surface area contributed by atoms with Crippen LogP contribution >= 0.6 is 0 Å². The summed E-state index contributed by atoms with van der Waals surface area (Å²) in [5, 5.41) is 12.6. The molecule has 0 fully saturated rings. The summed E-state index contributed by atoms with van der Waals surface area (Å²) >= 11 is 0. The lowest BCUT2D eigenvalue weighted by Crippen LogP contribution is -2.07. The first kappa shape index (κ1) is 18.6. The molecule has 0 unspecified atom stereocenters. The molecule has 0 saturated heterocycles. The third-order valence-corrected chi connectivity index (χ3v) is 4.22. The highest BCUT2D eigenvalue weighted by Gasteiger charge is 2.34. The molecule has 146 valence electrons. The van der Waals surface area contributed by atoms with Gasteiger partial charge in [-0.2, -0.15) is 18.2 Å². The molecule has 4 aromatic rings. The van der Waals surface area contributed by atoms with Gasteiger partial charge in [0.1, 0.15) is 5.82 Å². The second-order valence-corrected chi connectivity index (χ2v) is 6.09. The second kappa shape index (κ2) is 7.36. The van der Waals surface area contributed by atoms with E-state index in [4.69, 9.17) is 9.73 Å². The van der Waals surface area contributed by atoms with E-state index >= 15 is 0 Å². The SMILES string of the molecule is ONc1ccc(-c2nc(-c3ccc(-c4ccccc4)c(C(F)(F)F)c3)no2)cn1. The fourth-order valence-corrected chi connectivity index (χ4v) is 2.83. The van der Waals surface area contributed by atoms with E-state index in [9.17, 15) is 13.2 Å². The topological polar surface area (TPSA) is 84.1 Å². The van der Waals surface area contributed by atoms with Crippen molar-refractivity contribution in [2.45, 2.75) is 6.18 Å². The van der Waals surface area contributed by atoms with E-state index in [0.29, 0.717) is 11.1 Å². The molecular weight excluding hydrogens is 385 g/mol. The highest BCUT2D eigenvalue weighted by molar-refractivity contribution is 5.72. The lowest BCUT2D eigenvalue weighted by Gasteiger charge is -2.14. The average Bonchev–Trinajstić information content (AvgIpc) is 3.24. The summed E-state index contributed by atoms with van der Waals surface area (Å²) in [6.45, 7) is 0. The van der Waals surface area contributed by atoms with E-state index in [1.165, 1.54) is 24.4 Å². The first-order chi connectivity index (χ1) is 14.0. The summed E-state index contributed by atoms with van der Waals surface area (Å²) < 4.78 is 46.2. The van der Waals surface area contributed by atoms with Crippen molar-refractivity contribution in [2.75, 3.05) is 5.48 Å². The number of aromatic nitrogens is 3. The van der Waals surface area contributed by atoms with E-state index in [2.05, 4.69) is 15.1 Å².